The lowest BCUT2D eigenvalue weighted by Crippen LogP contribution is -2.26. The second kappa shape index (κ2) is 7.75. The number of likely N-dealkylation sites (tertiary alicyclic amines) is 1. The number of rotatable bonds is 7. The summed E-state index contributed by atoms with van der Waals surface area (Å²) in [5.41, 5.74) is 0. The molecule has 1 aromatic rings. The van der Waals surface area contributed by atoms with Crippen molar-refractivity contribution in [3.8, 4) is 0 Å². The van der Waals surface area contributed by atoms with Gasteiger partial charge in [-0.1, -0.05) is 6.92 Å². The van der Waals surface area contributed by atoms with E-state index in [4.69, 9.17) is 11.6 Å². The van der Waals surface area contributed by atoms with Gasteiger partial charge < -0.3 is 15.1 Å². The van der Waals surface area contributed by atoms with Gasteiger partial charge in [-0.3, -0.25) is 0 Å². The summed E-state index contributed by atoms with van der Waals surface area (Å²) in [5, 5.41) is 3.56. The molecular formula is C14H25ClN6. The largest absolute Gasteiger partial charge is 0.354 e. The molecule has 118 valence electrons. The minimum atomic E-state index is 0.246. The Morgan fingerprint density at radius 2 is 2.00 bits per heavy atom. The van der Waals surface area contributed by atoms with E-state index < -0.39 is 0 Å². The van der Waals surface area contributed by atoms with Gasteiger partial charge in [0.2, 0.25) is 17.2 Å². The number of anilines is 2. The number of nitrogens with zero attached hydrogens (tertiary/aromatic N) is 5. The Balaban J connectivity index is 1.97. The molecule has 0 aromatic carbocycles. The molecule has 1 aromatic heterocycles. The van der Waals surface area contributed by atoms with Crippen molar-refractivity contribution in [1.29, 1.82) is 0 Å². The van der Waals surface area contributed by atoms with Crippen LogP contribution in [0.15, 0.2) is 0 Å². The number of aromatic nitrogens is 3. The average Bonchev–Trinajstić information content (AvgIpc) is 2.94. The van der Waals surface area contributed by atoms with Crippen molar-refractivity contribution in [3.63, 3.8) is 0 Å². The zero-order chi connectivity index (χ0) is 15.2. The molecule has 1 atom stereocenters. The summed E-state index contributed by atoms with van der Waals surface area (Å²) in [7, 11) is 0. The summed E-state index contributed by atoms with van der Waals surface area (Å²) in [6.45, 7) is 12.4. The van der Waals surface area contributed by atoms with Gasteiger partial charge in [-0.15, -0.1) is 0 Å². The van der Waals surface area contributed by atoms with Gasteiger partial charge in [0.05, 0.1) is 0 Å². The number of nitrogens with one attached hydrogen (secondary N) is 1. The molecule has 0 radical (unpaired) electrons. The fourth-order valence-corrected chi connectivity index (χ4v) is 2.82. The smallest absolute Gasteiger partial charge is 0.231 e. The summed E-state index contributed by atoms with van der Waals surface area (Å²) in [6, 6.07) is 0. The zero-order valence-corrected chi connectivity index (χ0v) is 13.9. The Hall–Kier alpha value is -1.14. The third-order valence-corrected chi connectivity index (χ3v) is 4.18. The van der Waals surface area contributed by atoms with Crippen LogP contribution >= 0.6 is 11.6 Å². The summed E-state index contributed by atoms with van der Waals surface area (Å²) in [5.74, 6) is 1.87. The fourth-order valence-electron chi connectivity index (χ4n) is 2.67. The minimum absolute atomic E-state index is 0.246. The second-order valence-corrected chi connectivity index (χ2v) is 5.67. The van der Waals surface area contributed by atoms with Gasteiger partial charge in [0, 0.05) is 26.2 Å². The molecule has 1 fully saturated rings. The van der Waals surface area contributed by atoms with Crippen molar-refractivity contribution in [2.75, 3.05) is 49.5 Å². The molecular weight excluding hydrogens is 288 g/mol. The van der Waals surface area contributed by atoms with E-state index in [1.165, 1.54) is 13.0 Å². The van der Waals surface area contributed by atoms with E-state index in [0.717, 1.165) is 32.7 Å². The van der Waals surface area contributed by atoms with Crippen molar-refractivity contribution in [3.05, 3.63) is 5.28 Å². The predicted octanol–water partition coefficient (Wildman–Crippen LogP) is 2.12. The first-order chi connectivity index (χ1) is 10.2. The van der Waals surface area contributed by atoms with Gasteiger partial charge in [0.25, 0.3) is 0 Å². The Morgan fingerprint density at radius 1 is 1.24 bits per heavy atom. The molecule has 0 spiro atoms. The molecule has 0 bridgehead atoms. The topological polar surface area (TPSA) is 57.2 Å². The molecule has 1 saturated heterocycles. The normalized spacial score (nSPS) is 19.0. The van der Waals surface area contributed by atoms with Crippen molar-refractivity contribution in [2.45, 2.75) is 27.2 Å². The molecule has 21 heavy (non-hydrogen) atoms. The first kappa shape index (κ1) is 16.2. The maximum Gasteiger partial charge on any atom is 0.231 e. The van der Waals surface area contributed by atoms with Crippen molar-refractivity contribution in [2.24, 2.45) is 5.92 Å². The molecule has 1 aliphatic heterocycles. The molecule has 7 heteroatoms. The lowest BCUT2D eigenvalue weighted by atomic mass is 10.1. The lowest BCUT2D eigenvalue weighted by Gasteiger charge is -2.19. The van der Waals surface area contributed by atoms with Crippen LogP contribution in [0.5, 0.6) is 0 Å². The van der Waals surface area contributed by atoms with Gasteiger partial charge in [-0.2, -0.15) is 15.0 Å². The predicted molar refractivity (Wildman–Crippen MR) is 87.1 cm³/mol. The van der Waals surface area contributed by atoms with Crippen molar-refractivity contribution >= 4 is 23.5 Å². The highest BCUT2D eigenvalue weighted by atomic mass is 35.5. The summed E-state index contributed by atoms with van der Waals surface area (Å²) in [6.07, 6.45) is 1.22. The van der Waals surface area contributed by atoms with Crippen molar-refractivity contribution < 1.29 is 0 Å². The summed E-state index contributed by atoms with van der Waals surface area (Å²) >= 11 is 6.01. The van der Waals surface area contributed by atoms with Crippen LogP contribution in [-0.4, -0.2) is 59.1 Å². The van der Waals surface area contributed by atoms with Gasteiger partial charge in [-0.05, 0) is 50.9 Å². The molecule has 1 unspecified atom stereocenters. The number of hydrogen-bond donors (Lipinski definition) is 1. The number of hydrogen-bond acceptors (Lipinski definition) is 6. The van der Waals surface area contributed by atoms with Gasteiger partial charge >= 0.3 is 0 Å². The fraction of sp³-hybridized carbons (Fsp3) is 0.786. The Morgan fingerprint density at radius 3 is 2.62 bits per heavy atom. The van der Waals surface area contributed by atoms with E-state index in [0.29, 0.717) is 17.8 Å². The van der Waals surface area contributed by atoms with Crippen LogP contribution < -0.4 is 10.2 Å². The van der Waals surface area contributed by atoms with Gasteiger partial charge in [0.1, 0.15) is 0 Å². The van der Waals surface area contributed by atoms with Crippen LogP contribution in [0.4, 0.5) is 11.9 Å². The quantitative estimate of drug-likeness (QED) is 0.832. The molecule has 1 aliphatic rings. The third kappa shape index (κ3) is 4.41. The first-order valence-corrected chi connectivity index (χ1v) is 8.16. The van der Waals surface area contributed by atoms with Gasteiger partial charge in [-0.25, -0.2) is 0 Å². The number of halogens is 1. The molecule has 2 rings (SSSR count). The molecule has 0 amide bonds. The Kier molecular flexibility index (Phi) is 5.99. The first-order valence-electron chi connectivity index (χ1n) is 7.78. The van der Waals surface area contributed by atoms with E-state index in [1.807, 2.05) is 0 Å². The highest BCUT2D eigenvalue weighted by Gasteiger charge is 2.21. The molecule has 6 nitrogen and oxygen atoms in total. The van der Waals surface area contributed by atoms with Crippen LogP contribution in [0.1, 0.15) is 27.2 Å². The SMILES string of the molecule is CCN1CCC(CNc2nc(Cl)nc(N(CC)CC)n2)C1. The summed E-state index contributed by atoms with van der Waals surface area (Å²) < 4.78 is 0. The maximum atomic E-state index is 6.01. The summed E-state index contributed by atoms with van der Waals surface area (Å²) in [4.78, 5) is 17.4. The zero-order valence-electron chi connectivity index (χ0n) is 13.1. The third-order valence-electron chi connectivity index (χ3n) is 4.01. The lowest BCUT2D eigenvalue weighted by molar-refractivity contribution is 0.345. The Bertz CT molecular complexity index is 451. The van der Waals surface area contributed by atoms with E-state index in [9.17, 15) is 0 Å². The van der Waals surface area contributed by atoms with Crippen LogP contribution in [-0.2, 0) is 0 Å². The highest BCUT2D eigenvalue weighted by molar-refractivity contribution is 6.28. The van der Waals surface area contributed by atoms with E-state index in [1.54, 1.807) is 0 Å². The maximum absolute atomic E-state index is 6.01. The van der Waals surface area contributed by atoms with Crippen LogP contribution in [0.25, 0.3) is 0 Å². The molecule has 1 N–H and O–H groups in total. The van der Waals surface area contributed by atoms with Crippen LogP contribution in [0.2, 0.25) is 5.28 Å². The van der Waals surface area contributed by atoms with E-state index in [2.05, 4.69) is 50.8 Å². The van der Waals surface area contributed by atoms with E-state index >= 15 is 0 Å². The second-order valence-electron chi connectivity index (χ2n) is 5.33. The van der Waals surface area contributed by atoms with E-state index in [-0.39, 0.29) is 5.28 Å². The molecule has 0 aliphatic carbocycles. The Labute approximate surface area is 131 Å². The van der Waals surface area contributed by atoms with Crippen LogP contribution in [0, 0.1) is 5.92 Å². The molecule has 0 saturated carbocycles. The molecule has 2 heterocycles. The standard InChI is InChI=1S/C14H25ClN6/c1-4-20-8-7-11(10-20)9-16-13-17-12(15)18-14(19-13)21(5-2)6-3/h11H,4-10H2,1-3H3,(H,16,17,18,19). The monoisotopic (exact) mass is 312 g/mol. The van der Waals surface area contributed by atoms with Gasteiger partial charge in [0.15, 0.2) is 0 Å². The minimum Gasteiger partial charge on any atom is -0.354 e. The van der Waals surface area contributed by atoms with Crippen LogP contribution in [0.3, 0.4) is 0 Å². The van der Waals surface area contributed by atoms with Crippen molar-refractivity contribution in [1.82, 2.24) is 19.9 Å². The highest BCUT2D eigenvalue weighted by Crippen LogP contribution is 2.17. The average molecular weight is 313 g/mol.